The number of hydrogen-bond donors (Lipinski definition) is 1. The van der Waals surface area contributed by atoms with Gasteiger partial charge in [-0.1, -0.05) is 23.4 Å². The van der Waals surface area contributed by atoms with Crippen LogP contribution in [0.25, 0.3) is 0 Å². The van der Waals surface area contributed by atoms with Crippen molar-refractivity contribution in [2.45, 2.75) is 38.5 Å². The fourth-order valence-corrected chi connectivity index (χ4v) is 3.85. The second-order valence-electron chi connectivity index (χ2n) is 5.94. The van der Waals surface area contributed by atoms with Crippen molar-refractivity contribution in [3.8, 4) is 5.75 Å². The van der Waals surface area contributed by atoms with Crippen molar-refractivity contribution in [3.05, 3.63) is 46.8 Å². The minimum absolute atomic E-state index is 0.0239. The number of carbonyl (C=O) groups excluding carboxylic acids is 1. The first-order chi connectivity index (χ1) is 11.6. The second-order valence-corrected chi connectivity index (χ2v) is 6.93. The first kappa shape index (κ1) is 16.9. The van der Waals surface area contributed by atoms with Crippen molar-refractivity contribution >= 4 is 17.7 Å². The van der Waals surface area contributed by atoms with Gasteiger partial charge < -0.3 is 14.6 Å². The molecule has 1 atom stereocenters. The van der Waals surface area contributed by atoms with Gasteiger partial charge in [0, 0.05) is 16.9 Å². The average molecular weight is 346 g/mol. The van der Waals surface area contributed by atoms with E-state index >= 15 is 0 Å². The van der Waals surface area contributed by atoms with Crippen LogP contribution in [0.4, 0.5) is 0 Å². The maximum Gasteiger partial charge on any atom is 0.230 e. The fourth-order valence-electron chi connectivity index (χ4n) is 2.86. The lowest BCUT2D eigenvalue weighted by atomic mass is 10.0. The summed E-state index contributed by atoms with van der Waals surface area (Å²) in [6.07, 6.45) is 1.84. The number of para-hydroxylation sites is 1. The molecule has 2 aromatic rings. The van der Waals surface area contributed by atoms with Crippen molar-refractivity contribution < 1.29 is 14.1 Å². The standard InChI is InChI=1S/C18H22N2O3S/c1-12-15(13(2)23-20-12)10-24-11-18(21)19-16-7-5-9-22-17-8-4-3-6-14(16)17/h3-4,6,8,16H,5,7,9-11H2,1-2H3,(H,19,21)/t16-/m0/s1. The van der Waals surface area contributed by atoms with E-state index in [9.17, 15) is 4.79 Å². The molecule has 1 aromatic carbocycles. The predicted molar refractivity (Wildman–Crippen MR) is 94.2 cm³/mol. The summed E-state index contributed by atoms with van der Waals surface area (Å²) < 4.78 is 10.9. The number of aromatic nitrogens is 1. The van der Waals surface area contributed by atoms with Crippen LogP contribution in [-0.4, -0.2) is 23.4 Å². The summed E-state index contributed by atoms with van der Waals surface area (Å²) in [6.45, 7) is 4.53. The highest BCUT2D eigenvalue weighted by atomic mass is 32.2. The van der Waals surface area contributed by atoms with E-state index in [1.54, 1.807) is 11.8 Å². The number of thioether (sulfide) groups is 1. The van der Waals surface area contributed by atoms with Gasteiger partial charge in [-0.25, -0.2) is 0 Å². The van der Waals surface area contributed by atoms with Gasteiger partial charge in [0.25, 0.3) is 0 Å². The molecule has 1 aromatic heterocycles. The third kappa shape index (κ3) is 3.93. The second kappa shape index (κ2) is 7.75. The summed E-state index contributed by atoms with van der Waals surface area (Å²) in [7, 11) is 0. The van der Waals surface area contributed by atoms with Gasteiger partial charge in [-0.15, -0.1) is 11.8 Å². The molecule has 0 saturated heterocycles. The van der Waals surface area contributed by atoms with Crippen LogP contribution in [0.5, 0.6) is 5.75 Å². The van der Waals surface area contributed by atoms with E-state index in [0.29, 0.717) is 12.4 Å². The van der Waals surface area contributed by atoms with E-state index in [1.807, 2.05) is 38.1 Å². The highest BCUT2D eigenvalue weighted by Gasteiger charge is 2.21. The molecule has 0 bridgehead atoms. The molecule has 2 heterocycles. The topological polar surface area (TPSA) is 64.4 Å². The Morgan fingerprint density at radius 3 is 3.00 bits per heavy atom. The fraction of sp³-hybridized carbons (Fsp3) is 0.444. The van der Waals surface area contributed by atoms with Crippen LogP contribution >= 0.6 is 11.8 Å². The zero-order valence-electron chi connectivity index (χ0n) is 14.0. The van der Waals surface area contributed by atoms with Crippen LogP contribution in [0.15, 0.2) is 28.8 Å². The lowest BCUT2D eigenvalue weighted by Gasteiger charge is -2.18. The first-order valence-electron chi connectivity index (χ1n) is 8.15. The largest absolute Gasteiger partial charge is 0.493 e. The van der Waals surface area contributed by atoms with Crippen LogP contribution in [0, 0.1) is 13.8 Å². The first-order valence-corrected chi connectivity index (χ1v) is 9.31. The molecule has 1 aliphatic rings. The number of benzene rings is 1. The lowest BCUT2D eigenvalue weighted by Crippen LogP contribution is -2.29. The quantitative estimate of drug-likeness (QED) is 0.897. The van der Waals surface area contributed by atoms with Gasteiger partial charge in [-0.2, -0.15) is 0 Å². The Morgan fingerprint density at radius 2 is 2.21 bits per heavy atom. The van der Waals surface area contributed by atoms with Crippen LogP contribution in [-0.2, 0) is 10.5 Å². The number of hydrogen-bond acceptors (Lipinski definition) is 5. The molecule has 0 radical (unpaired) electrons. The molecule has 1 amide bonds. The van der Waals surface area contributed by atoms with Crippen LogP contribution < -0.4 is 10.1 Å². The molecule has 3 rings (SSSR count). The van der Waals surface area contributed by atoms with Gasteiger partial charge in [-0.3, -0.25) is 4.79 Å². The minimum atomic E-state index is 0.0239. The van der Waals surface area contributed by atoms with E-state index in [-0.39, 0.29) is 11.9 Å². The van der Waals surface area contributed by atoms with E-state index in [1.165, 1.54) is 0 Å². The number of ether oxygens (including phenoxy) is 1. The number of aryl methyl sites for hydroxylation is 2. The van der Waals surface area contributed by atoms with Crippen LogP contribution in [0.1, 0.15) is 41.5 Å². The predicted octanol–water partition coefficient (Wildman–Crippen LogP) is 3.55. The molecular formula is C18H22N2O3S. The number of nitrogens with zero attached hydrogens (tertiary/aromatic N) is 1. The lowest BCUT2D eigenvalue weighted by molar-refractivity contribution is -0.119. The molecule has 5 nitrogen and oxygen atoms in total. The molecule has 0 aliphatic carbocycles. The van der Waals surface area contributed by atoms with Crippen molar-refractivity contribution in [2.24, 2.45) is 0 Å². The van der Waals surface area contributed by atoms with Gasteiger partial charge in [0.2, 0.25) is 5.91 Å². The van der Waals surface area contributed by atoms with E-state index < -0.39 is 0 Å². The monoisotopic (exact) mass is 346 g/mol. The van der Waals surface area contributed by atoms with E-state index in [0.717, 1.165) is 46.9 Å². The molecule has 24 heavy (non-hydrogen) atoms. The molecule has 0 saturated carbocycles. The summed E-state index contributed by atoms with van der Waals surface area (Å²) in [4.78, 5) is 12.3. The Kier molecular flexibility index (Phi) is 5.45. The Bertz CT molecular complexity index is 695. The maximum absolute atomic E-state index is 12.3. The summed E-state index contributed by atoms with van der Waals surface area (Å²) in [5, 5.41) is 7.09. The Hall–Kier alpha value is -1.95. The van der Waals surface area contributed by atoms with E-state index in [4.69, 9.17) is 9.26 Å². The van der Waals surface area contributed by atoms with Gasteiger partial charge in [0.15, 0.2) is 0 Å². The summed E-state index contributed by atoms with van der Waals surface area (Å²) in [5.41, 5.74) is 3.05. The maximum atomic E-state index is 12.3. The Labute approximate surface area is 146 Å². The van der Waals surface area contributed by atoms with Gasteiger partial charge >= 0.3 is 0 Å². The van der Waals surface area contributed by atoms with Gasteiger partial charge in [0.1, 0.15) is 11.5 Å². The Balaban J connectivity index is 1.55. The van der Waals surface area contributed by atoms with Crippen molar-refractivity contribution in [1.29, 1.82) is 0 Å². The molecule has 6 heteroatoms. The zero-order valence-corrected chi connectivity index (χ0v) is 14.8. The summed E-state index contributed by atoms with van der Waals surface area (Å²) in [5.74, 6) is 2.91. The minimum Gasteiger partial charge on any atom is -0.493 e. The number of nitrogens with one attached hydrogen (secondary N) is 1. The van der Waals surface area contributed by atoms with E-state index in [2.05, 4.69) is 10.5 Å². The zero-order chi connectivity index (χ0) is 16.9. The molecular weight excluding hydrogens is 324 g/mol. The number of carbonyl (C=O) groups is 1. The highest BCUT2D eigenvalue weighted by Crippen LogP contribution is 2.31. The smallest absolute Gasteiger partial charge is 0.230 e. The molecule has 1 aliphatic heterocycles. The molecule has 1 N–H and O–H groups in total. The molecule has 0 fully saturated rings. The van der Waals surface area contributed by atoms with Gasteiger partial charge in [0.05, 0.1) is 24.1 Å². The highest BCUT2D eigenvalue weighted by molar-refractivity contribution is 7.99. The third-order valence-electron chi connectivity index (χ3n) is 4.19. The number of rotatable bonds is 5. The average Bonchev–Trinajstić information content (AvgIpc) is 2.79. The molecule has 128 valence electrons. The number of amides is 1. The van der Waals surface area contributed by atoms with Crippen molar-refractivity contribution in [2.75, 3.05) is 12.4 Å². The van der Waals surface area contributed by atoms with Crippen LogP contribution in [0.2, 0.25) is 0 Å². The molecule has 0 unspecified atom stereocenters. The van der Waals surface area contributed by atoms with Gasteiger partial charge in [-0.05, 0) is 32.8 Å². The normalized spacial score (nSPS) is 16.8. The Morgan fingerprint density at radius 1 is 1.38 bits per heavy atom. The third-order valence-corrected chi connectivity index (χ3v) is 5.14. The van der Waals surface area contributed by atoms with Crippen molar-refractivity contribution in [3.63, 3.8) is 0 Å². The number of fused-ring (bicyclic) bond motifs is 1. The van der Waals surface area contributed by atoms with Crippen LogP contribution in [0.3, 0.4) is 0 Å². The summed E-state index contributed by atoms with van der Waals surface area (Å²) >= 11 is 1.58. The SMILES string of the molecule is Cc1noc(C)c1CSCC(=O)N[C@H]1CCCOc2ccccc21. The molecule has 0 spiro atoms. The summed E-state index contributed by atoms with van der Waals surface area (Å²) in [6, 6.07) is 7.96. The van der Waals surface area contributed by atoms with Crippen molar-refractivity contribution in [1.82, 2.24) is 10.5 Å².